The highest BCUT2D eigenvalue weighted by molar-refractivity contribution is 5.95. The Morgan fingerprint density at radius 2 is 1.81 bits per heavy atom. The zero-order valence-electron chi connectivity index (χ0n) is 20.2. The number of rotatable bonds is 12. The number of carbonyl (C=O) groups is 5. The Balaban J connectivity index is 1.67. The van der Waals surface area contributed by atoms with Crippen LogP contribution < -0.4 is 22.1 Å². The van der Waals surface area contributed by atoms with Crippen molar-refractivity contribution in [3.63, 3.8) is 0 Å². The van der Waals surface area contributed by atoms with Gasteiger partial charge in [-0.05, 0) is 37.3 Å². The van der Waals surface area contributed by atoms with Gasteiger partial charge in [0.05, 0.1) is 12.6 Å². The van der Waals surface area contributed by atoms with Gasteiger partial charge < -0.3 is 42.2 Å². The summed E-state index contributed by atoms with van der Waals surface area (Å²) in [4.78, 5) is 65.6. The lowest BCUT2D eigenvalue weighted by atomic mass is 10.0. The minimum atomic E-state index is -1.43. The van der Waals surface area contributed by atoms with Crippen LogP contribution in [0.4, 0.5) is 0 Å². The molecule has 0 aliphatic carbocycles. The first-order valence-electron chi connectivity index (χ1n) is 12.0. The van der Waals surface area contributed by atoms with Crippen LogP contribution in [0.1, 0.15) is 31.2 Å². The normalized spacial score (nSPS) is 17.7. The Morgan fingerprint density at radius 1 is 1.11 bits per heavy atom. The van der Waals surface area contributed by atoms with Gasteiger partial charge in [-0.15, -0.1) is 0 Å². The van der Waals surface area contributed by atoms with E-state index < -0.39 is 60.4 Å². The highest BCUT2D eigenvalue weighted by Crippen LogP contribution is 2.20. The van der Waals surface area contributed by atoms with Crippen LogP contribution in [0.25, 0.3) is 10.9 Å². The van der Waals surface area contributed by atoms with Crippen LogP contribution in [0.15, 0.2) is 30.5 Å². The summed E-state index contributed by atoms with van der Waals surface area (Å²) in [7, 11) is 0. The second-order valence-corrected chi connectivity index (χ2v) is 9.01. The molecule has 9 N–H and O–H groups in total. The second-order valence-electron chi connectivity index (χ2n) is 9.01. The predicted molar refractivity (Wildman–Crippen MR) is 132 cm³/mol. The number of nitrogens with one attached hydrogen (secondary N) is 3. The number of fused-ring (bicyclic) bond motifs is 1. The minimum absolute atomic E-state index is 0.166. The van der Waals surface area contributed by atoms with Gasteiger partial charge in [0.1, 0.15) is 18.1 Å². The summed E-state index contributed by atoms with van der Waals surface area (Å²) in [5, 5.41) is 24.8. The highest BCUT2D eigenvalue weighted by Gasteiger charge is 2.38. The van der Waals surface area contributed by atoms with E-state index in [1.807, 2.05) is 24.3 Å². The number of carboxylic acid groups (broad SMARTS) is 1. The number of hydrogen-bond donors (Lipinski definition) is 7. The number of hydrogen-bond acceptors (Lipinski definition) is 7. The van der Waals surface area contributed by atoms with Crippen molar-refractivity contribution in [3.05, 3.63) is 36.0 Å². The number of likely N-dealkylation sites (tertiary alicyclic amines) is 1. The van der Waals surface area contributed by atoms with Crippen molar-refractivity contribution in [2.75, 3.05) is 13.2 Å². The second kappa shape index (κ2) is 12.3. The largest absolute Gasteiger partial charge is 0.480 e. The van der Waals surface area contributed by atoms with E-state index in [0.29, 0.717) is 6.42 Å². The van der Waals surface area contributed by atoms with E-state index in [2.05, 4.69) is 15.6 Å². The van der Waals surface area contributed by atoms with Crippen LogP contribution >= 0.6 is 0 Å². The number of aromatic nitrogens is 1. The minimum Gasteiger partial charge on any atom is -0.480 e. The topological polar surface area (TPSA) is 221 Å². The summed E-state index contributed by atoms with van der Waals surface area (Å²) in [6.45, 7) is -0.614. The zero-order chi connectivity index (χ0) is 27.1. The third-order valence-electron chi connectivity index (χ3n) is 6.38. The van der Waals surface area contributed by atoms with Crippen molar-refractivity contribution >= 4 is 40.5 Å². The van der Waals surface area contributed by atoms with Crippen LogP contribution in [-0.2, 0) is 30.4 Å². The van der Waals surface area contributed by atoms with Crippen LogP contribution in [0.5, 0.6) is 0 Å². The summed E-state index contributed by atoms with van der Waals surface area (Å²) in [5.41, 5.74) is 13.0. The molecule has 0 radical (unpaired) electrons. The molecule has 0 saturated carbocycles. The standard InChI is InChI=1S/C24H32N6O7/c25-15(10-13-11-27-16-5-2-1-4-14(13)16)21(33)28-17(7-8-20(26)32)22(34)29-18(12-31)23(35)30-9-3-6-19(30)24(36)37/h1-2,4-5,11,15,17-19,27,31H,3,6-10,12,25H2,(H2,26,32)(H,28,33)(H,29,34)(H,36,37). The number of para-hydroxylation sites is 1. The molecule has 1 aliphatic heterocycles. The van der Waals surface area contributed by atoms with E-state index in [-0.39, 0.29) is 32.2 Å². The Hall–Kier alpha value is -3.97. The fourth-order valence-corrected chi connectivity index (χ4v) is 4.41. The lowest BCUT2D eigenvalue weighted by Gasteiger charge is -2.28. The molecule has 2 aromatic rings. The monoisotopic (exact) mass is 516 g/mol. The molecule has 200 valence electrons. The highest BCUT2D eigenvalue weighted by atomic mass is 16.4. The molecule has 1 fully saturated rings. The quantitative estimate of drug-likeness (QED) is 0.173. The molecule has 2 heterocycles. The number of nitrogens with zero attached hydrogens (tertiary/aromatic N) is 1. The van der Waals surface area contributed by atoms with Gasteiger partial charge in [0.15, 0.2) is 0 Å². The maximum absolute atomic E-state index is 13.0. The van der Waals surface area contributed by atoms with Crippen molar-refractivity contribution in [2.45, 2.75) is 56.3 Å². The molecule has 4 unspecified atom stereocenters. The molecule has 13 nitrogen and oxygen atoms in total. The van der Waals surface area contributed by atoms with Crippen LogP contribution in [0.2, 0.25) is 0 Å². The average Bonchev–Trinajstić information content (AvgIpc) is 3.52. The van der Waals surface area contributed by atoms with Crippen LogP contribution in [0.3, 0.4) is 0 Å². The lowest BCUT2D eigenvalue weighted by molar-refractivity contribution is -0.150. The van der Waals surface area contributed by atoms with Crippen molar-refractivity contribution in [1.29, 1.82) is 0 Å². The average molecular weight is 517 g/mol. The fraction of sp³-hybridized carbons (Fsp3) is 0.458. The number of aromatic amines is 1. The van der Waals surface area contributed by atoms with Crippen molar-refractivity contribution < 1.29 is 34.2 Å². The molecule has 1 saturated heterocycles. The third kappa shape index (κ3) is 6.83. The number of aliphatic hydroxyl groups excluding tert-OH is 1. The maximum Gasteiger partial charge on any atom is 0.326 e. The van der Waals surface area contributed by atoms with Gasteiger partial charge in [-0.1, -0.05) is 18.2 Å². The summed E-state index contributed by atoms with van der Waals surface area (Å²) in [6.07, 6.45) is 2.25. The summed E-state index contributed by atoms with van der Waals surface area (Å²) in [6, 6.07) is 2.71. The Labute approximate surface area is 212 Å². The first-order valence-corrected chi connectivity index (χ1v) is 12.0. The SMILES string of the molecule is NC(=O)CCC(NC(=O)C(N)Cc1c[nH]c2ccccc12)C(=O)NC(CO)C(=O)N1CCCC1C(=O)O. The van der Waals surface area contributed by atoms with E-state index in [4.69, 9.17) is 11.5 Å². The molecule has 37 heavy (non-hydrogen) atoms. The number of H-pyrrole nitrogens is 1. The molecule has 0 spiro atoms. The summed E-state index contributed by atoms with van der Waals surface area (Å²) >= 11 is 0. The van der Waals surface area contributed by atoms with Crippen LogP contribution in [-0.4, -0.2) is 87.0 Å². The number of nitrogens with two attached hydrogens (primary N) is 2. The molecule has 1 aromatic heterocycles. The Morgan fingerprint density at radius 3 is 2.49 bits per heavy atom. The van der Waals surface area contributed by atoms with Gasteiger partial charge in [0.25, 0.3) is 0 Å². The number of benzene rings is 1. The molecule has 4 atom stereocenters. The molecule has 1 aliphatic rings. The lowest BCUT2D eigenvalue weighted by Crippen LogP contribution is -2.58. The zero-order valence-corrected chi connectivity index (χ0v) is 20.2. The van der Waals surface area contributed by atoms with Gasteiger partial charge in [0, 0.05) is 30.1 Å². The molecule has 0 bridgehead atoms. The number of carbonyl (C=O) groups excluding carboxylic acids is 4. The molecule has 13 heteroatoms. The Kier molecular flexibility index (Phi) is 9.20. The molecular formula is C24H32N6O7. The number of aliphatic hydroxyl groups is 1. The number of carboxylic acids is 1. The fourth-order valence-electron chi connectivity index (χ4n) is 4.41. The first kappa shape index (κ1) is 27.6. The summed E-state index contributed by atoms with van der Waals surface area (Å²) < 4.78 is 0. The van der Waals surface area contributed by atoms with Crippen LogP contribution in [0, 0.1) is 0 Å². The van der Waals surface area contributed by atoms with E-state index in [1.165, 1.54) is 0 Å². The number of aliphatic carboxylic acids is 1. The molecule has 3 rings (SSSR count). The Bertz CT molecular complexity index is 1170. The van der Waals surface area contributed by atoms with Crippen molar-refractivity contribution in [2.24, 2.45) is 11.5 Å². The predicted octanol–water partition coefficient (Wildman–Crippen LogP) is -1.66. The number of primary amides is 1. The first-order chi connectivity index (χ1) is 17.6. The van der Waals surface area contributed by atoms with Gasteiger partial charge in [-0.2, -0.15) is 0 Å². The van der Waals surface area contributed by atoms with Gasteiger partial charge in [0.2, 0.25) is 23.6 Å². The van der Waals surface area contributed by atoms with Crippen molar-refractivity contribution in [3.8, 4) is 0 Å². The van der Waals surface area contributed by atoms with Gasteiger partial charge in [-0.25, -0.2) is 4.79 Å². The number of amides is 4. The van der Waals surface area contributed by atoms with E-state index >= 15 is 0 Å². The van der Waals surface area contributed by atoms with Gasteiger partial charge >= 0.3 is 5.97 Å². The van der Waals surface area contributed by atoms with Gasteiger partial charge in [-0.3, -0.25) is 19.2 Å². The van der Waals surface area contributed by atoms with Crippen molar-refractivity contribution in [1.82, 2.24) is 20.5 Å². The molecule has 1 aromatic carbocycles. The van der Waals surface area contributed by atoms with E-state index in [1.54, 1.807) is 6.20 Å². The molecule has 4 amide bonds. The maximum atomic E-state index is 13.0. The molecular weight excluding hydrogens is 484 g/mol. The third-order valence-corrected chi connectivity index (χ3v) is 6.38. The smallest absolute Gasteiger partial charge is 0.326 e. The van der Waals surface area contributed by atoms with E-state index in [0.717, 1.165) is 21.4 Å². The van der Waals surface area contributed by atoms with E-state index in [9.17, 15) is 34.2 Å². The summed E-state index contributed by atoms with van der Waals surface area (Å²) in [5.74, 6) is -4.13.